The molecule has 2 aromatic rings. The lowest BCUT2D eigenvalue weighted by Crippen LogP contribution is -1.88. The van der Waals surface area contributed by atoms with Gasteiger partial charge in [0.25, 0.3) is 0 Å². The van der Waals surface area contributed by atoms with Gasteiger partial charge < -0.3 is 15.9 Å². The smallest absolute Gasteiger partial charge is 0.214 e. The van der Waals surface area contributed by atoms with E-state index in [1.807, 2.05) is 25.1 Å². The summed E-state index contributed by atoms with van der Waals surface area (Å²) >= 11 is 0. The summed E-state index contributed by atoms with van der Waals surface area (Å²) in [4.78, 5) is 0. The van der Waals surface area contributed by atoms with Crippen LogP contribution in [0.2, 0.25) is 0 Å². The maximum atomic E-state index is 5.69. The molecule has 0 atom stereocenters. The summed E-state index contributed by atoms with van der Waals surface area (Å²) in [6.07, 6.45) is 0. The van der Waals surface area contributed by atoms with E-state index in [1.54, 1.807) is 0 Å². The average molecular weight is 162 g/mol. The van der Waals surface area contributed by atoms with Crippen LogP contribution in [-0.2, 0) is 0 Å². The minimum atomic E-state index is 0.305. The molecular weight excluding hydrogens is 152 g/mol. The van der Waals surface area contributed by atoms with Gasteiger partial charge >= 0.3 is 0 Å². The van der Waals surface area contributed by atoms with Crippen molar-refractivity contribution in [3.05, 3.63) is 23.8 Å². The molecule has 1 aromatic heterocycles. The van der Waals surface area contributed by atoms with E-state index >= 15 is 0 Å². The molecule has 0 spiro atoms. The molecule has 0 radical (unpaired) electrons. The number of hydrogen-bond acceptors (Lipinski definition) is 3. The van der Waals surface area contributed by atoms with Gasteiger partial charge in [-0.3, -0.25) is 0 Å². The van der Waals surface area contributed by atoms with E-state index in [4.69, 9.17) is 15.9 Å². The minimum absolute atomic E-state index is 0.305. The van der Waals surface area contributed by atoms with E-state index in [0.717, 1.165) is 16.5 Å². The molecule has 0 bridgehead atoms. The van der Waals surface area contributed by atoms with Gasteiger partial charge in [-0.05, 0) is 18.6 Å². The number of nitrogens with two attached hydrogens (primary N) is 2. The molecule has 2 rings (SSSR count). The monoisotopic (exact) mass is 162 g/mol. The second kappa shape index (κ2) is 2.17. The largest absolute Gasteiger partial charge is 0.438 e. The summed E-state index contributed by atoms with van der Waals surface area (Å²) in [5.74, 6) is 0.305. The van der Waals surface area contributed by atoms with Crippen LogP contribution < -0.4 is 11.5 Å². The van der Waals surface area contributed by atoms with Gasteiger partial charge in [0, 0.05) is 5.39 Å². The third-order valence-electron chi connectivity index (χ3n) is 1.98. The number of rotatable bonds is 0. The van der Waals surface area contributed by atoms with Crippen molar-refractivity contribution >= 4 is 22.5 Å². The highest BCUT2D eigenvalue weighted by Crippen LogP contribution is 2.31. The maximum Gasteiger partial charge on any atom is 0.214 e. The molecule has 62 valence electrons. The maximum absolute atomic E-state index is 5.69. The number of benzene rings is 1. The quantitative estimate of drug-likeness (QED) is 0.621. The Hall–Kier alpha value is -1.64. The Bertz CT molecular complexity index is 431. The van der Waals surface area contributed by atoms with Crippen molar-refractivity contribution < 1.29 is 4.42 Å². The number of furan rings is 1. The van der Waals surface area contributed by atoms with Crippen molar-refractivity contribution in [1.29, 1.82) is 0 Å². The van der Waals surface area contributed by atoms with Crippen molar-refractivity contribution in [3.63, 3.8) is 0 Å². The van der Waals surface area contributed by atoms with Gasteiger partial charge in [0.1, 0.15) is 11.3 Å². The first-order chi connectivity index (χ1) is 5.70. The topological polar surface area (TPSA) is 65.2 Å². The zero-order valence-electron chi connectivity index (χ0n) is 6.79. The Morgan fingerprint density at radius 3 is 2.67 bits per heavy atom. The molecular formula is C9H10N2O. The van der Waals surface area contributed by atoms with Gasteiger partial charge in [-0.2, -0.15) is 0 Å². The van der Waals surface area contributed by atoms with Gasteiger partial charge in [0.05, 0.1) is 0 Å². The molecule has 3 nitrogen and oxygen atoms in total. The number of anilines is 2. The Labute approximate surface area is 70.0 Å². The van der Waals surface area contributed by atoms with Gasteiger partial charge in [0.2, 0.25) is 5.88 Å². The Kier molecular flexibility index (Phi) is 1.27. The van der Waals surface area contributed by atoms with Crippen LogP contribution >= 0.6 is 0 Å². The van der Waals surface area contributed by atoms with Crippen molar-refractivity contribution in [2.45, 2.75) is 6.92 Å². The molecule has 0 aliphatic carbocycles. The van der Waals surface area contributed by atoms with Crippen molar-refractivity contribution in [1.82, 2.24) is 0 Å². The van der Waals surface area contributed by atoms with Crippen LogP contribution in [-0.4, -0.2) is 0 Å². The molecule has 1 heterocycles. The molecule has 0 fully saturated rings. The Balaban J connectivity index is 2.95. The molecule has 4 N–H and O–H groups in total. The van der Waals surface area contributed by atoms with Crippen LogP contribution in [0, 0.1) is 6.92 Å². The first kappa shape index (κ1) is 7.03. The second-order valence-corrected chi connectivity index (χ2v) is 2.83. The molecule has 0 aliphatic heterocycles. The van der Waals surface area contributed by atoms with Crippen LogP contribution in [0.3, 0.4) is 0 Å². The van der Waals surface area contributed by atoms with Crippen molar-refractivity contribution in [3.8, 4) is 0 Å². The lowest BCUT2D eigenvalue weighted by Gasteiger charge is -1.91. The lowest BCUT2D eigenvalue weighted by atomic mass is 10.1. The zero-order chi connectivity index (χ0) is 8.72. The lowest BCUT2D eigenvalue weighted by molar-refractivity contribution is 0.635. The standard InChI is InChI=1S/C9H10N2O/c1-5-3-2-4-6-7(10)9(11)12-8(5)6/h2-4H,10-11H2,1H3. The summed E-state index contributed by atoms with van der Waals surface area (Å²) in [6.45, 7) is 1.96. The number of para-hydroxylation sites is 1. The highest BCUT2D eigenvalue weighted by atomic mass is 16.3. The number of hydrogen-bond donors (Lipinski definition) is 2. The number of nitrogen functional groups attached to an aromatic ring is 2. The SMILES string of the molecule is Cc1cccc2c(N)c(N)oc12. The molecule has 1 aromatic carbocycles. The van der Waals surface area contributed by atoms with Crippen molar-refractivity contribution in [2.24, 2.45) is 0 Å². The molecule has 3 heteroatoms. The first-order valence-electron chi connectivity index (χ1n) is 3.73. The van der Waals surface area contributed by atoms with Crippen molar-refractivity contribution in [2.75, 3.05) is 11.5 Å². The minimum Gasteiger partial charge on any atom is -0.438 e. The van der Waals surface area contributed by atoms with Crippen LogP contribution in [0.25, 0.3) is 11.0 Å². The van der Waals surface area contributed by atoms with E-state index in [0.29, 0.717) is 11.6 Å². The summed E-state index contributed by atoms with van der Waals surface area (Å²) in [5, 5.41) is 0.896. The predicted molar refractivity (Wildman–Crippen MR) is 49.8 cm³/mol. The van der Waals surface area contributed by atoms with Gasteiger partial charge in [-0.1, -0.05) is 12.1 Å². The van der Waals surface area contributed by atoms with E-state index in [9.17, 15) is 0 Å². The van der Waals surface area contributed by atoms with E-state index in [-0.39, 0.29) is 0 Å². The average Bonchev–Trinajstić information content (AvgIpc) is 2.32. The summed E-state index contributed by atoms with van der Waals surface area (Å²) in [7, 11) is 0. The highest BCUT2D eigenvalue weighted by Gasteiger charge is 2.08. The van der Waals surface area contributed by atoms with Crippen LogP contribution in [0.4, 0.5) is 11.6 Å². The second-order valence-electron chi connectivity index (χ2n) is 2.83. The predicted octanol–water partition coefficient (Wildman–Crippen LogP) is 1.91. The fourth-order valence-electron chi connectivity index (χ4n) is 1.30. The van der Waals surface area contributed by atoms with E-state index in [1.165, 1.54) is 0 Å². The normalized spacial score (nSPS) is 10.8. The fourth-order valence-corrected chi connectivity index (χ4v) is 1.30. The van der Waals surface area contributed by atoms with E-state index < -0.39 is 0 Å². The van der Waals surface area contributed by atoms with Crippen LogP contribution in [0.15, 0.2) is 22.6 Å². The molecule has 0 saturated carbocycles. The third-order valence-corrected chi connectivity index (χ3v) is 1.98. The third kappa shape index (κ3) is 0.763. The Morgan fingerprint density at radius 2 is 2.00 bits per heavy atom. The van der Waals surface area contributed by atoms with Crippen LogP contribution in [0.1, 0.15) is 5.56 Å². The molecule has 12 heavy (non-hydrogen) atoms. The van der Waals surface area contributed by atoms with E-state index in [2.05, 4.69) is 0 Å². The Morgan fingerprint density at radius 1 is 1.25 bits per heavy atom. The fraction of sp³-hybridized carbons (Fsp3) is 0.111. The summed E-state index contributed by atoms with van der Waals surface area (Å²) in [5.41, 5.74) is 13.6. The summed E-state index contributed by atoms with van der Waals surface area (Å²) in [6, 6.07) is 5.80. The zero-order valence-corrected chi connectivity index (χ0v) is 6.79. The molecule has 0 saturated heterocycles. The molecule has 0 aliphatic rings. The van der Waals surface area contributed by atoms with Gasteiger partial charge in [-0.25, -0.2) is 0 Å². The number of fused-ring (bicyclic) bond motifs is 1. The summed E-state index contributed by atoms with van der Waals surface area (Å²) < 4.78 is 5.28. The van der Waals surface area contributed by atoms with Crippen LogP contribution in [0.5, 0.6) is 0 Å². The molecule has 0 unspecified atom stereocenters. The first-order valence-corrected chi connectivity index (χ1v) is 3.73. The number of aryl methyl sites for hydroxylation is 1. The van der Waals surface area contributed by atoms with Gasteiger partial charge in [-0.15, -0.1) is 0 Å². The molecule has 0 amide bonds. The van der Waals surface area contributed by atoms with Gasteiger partial charge in [0.15, 0.2) is 0 Å². The highest BCUT2D eigenvalue weighted by molar-refractivity contribution is 5.96.